The zero-order valence-electron chi connectivity index (χ0n) is 8.61. The number of nitro benzene ring substituents is 1. The fourth-order valence-corrected chi connectivity index (χ4v) is 1.47. The molecule has 16 heavy (non-hydrogen) atoms. The van der Waals surface area contributed by atoms with Crippen molar-refractivity contribution in [1.29, 1.82) is 0 Å². The van der Waals surface area contributed by atoms with Crippen LogP contribution in [0.2, 0.25) is 0 Å². The number of para-hydroxylation sites is 1. The lowest BCUT2D eigenvalue weighted by Gasteiger charge is -2.16. The standard InChI is InChI=1S/C10H11F2NO3/c1-7-3-2-4-8(9(7)13(15)16)10(11,12)5-6-14/h2-4,14H,5-6H2,1H3. The summed E-state index contributed by atoms with van der Waals surface area (Å²) in [7, 11) is 0. The minimum atomic E-state index is -3.39. The molecule has 0 heterocycles. The van der Waals surface area contributed by atoms with Crippen LogP contribution in [0, 0.1) is 17.0 Å². The molecule has 0 amide bonds. The highest BCUT2D eigenvalue weighted by atomic mass is 19.3. The summed E-state index contributed by atoms with van der Waals surface area (Å²) in [5, 5.41) is 19.2. The number of halogens is 2. The van der Waals surface area contributed by atoms with Crippen molar-refractivity contribution >= 4 is 5.69 Å². The number of nitrogens with zero attached hydrogens (tertiary/aromatic N) is 1. The van der Waals surface area contributed by atoms with E-state index in [0.717, 1.165) is 6.07 Å². The summed E-state index contributed by atoms with van der Waals surface area (Å²) >= 11 is 0. The first kappa shape index (κ1) is 12.5. The van der Waals surface area contributed by atoms with E-state index in [1.807, 2.05) is 0 Å². The van der Waals surface area contributed by atoms with Gasteiger partial charge in [-0.15, -0.1) is 0 Å². The summed E-state index contributed by atoms with van der Waals surface area (Å²) in [6.07, 6.45) is -0.822. The monoisotopic (exact) mass is 231 g/mol. The van der Waals surface area contributed by atoms with Gasteiger partial charge in [-0.1, -0.05) is 12.1 Å². The number of rotatable bonds is 4. The number of aliphatic hydroxyl groups excluding tert-OH is 1. The van der Waals surface area contributed by atoms with Crippen molar-refractivity contribution in [1.82, 2.24) is 0 Å². The quantitative estimate of drug-likeness (QED) is 0.639. The maximum atomic E-state index is 13.5. The van der Waals surface area contributed by atoms with Crippen molar-refractivity contribution in [3.63, 3.8) is 0 Å². The van der Waals surface area contributed by atoms with Gasteiger partial charge in [0.05, 0.1) is 10.5 Å². The number of hydrogen-bond acceptors (Lipinski definition) is 3. The molecular weight excluding hydrogens is 220 g/mol. The predicted octanol–water partition coefficient (Wildman–Crippen LogP) is 2.38. The van der Waals surface area contributed by atoms with E-state index in [1.54, 1.807) is 0 Å². The molecule has 0 atom stereocenters. The molecule has 0 aliphatic heterocycles. The van der Waals surface area contributed by atoms with E-state index in [9.17, 15) is 18.9 Å². The molecule has 0 aliphatic rings. The molecular formula is C10H11F2NO3. The Morgan fingerprint density at radius 3 is 2.62 bits per heavy atom. The predicted molar refractivity (Wildman–Crippen MR) is 53.4 cm³/mol. The van der Waals surface area contributed by atoms with Crippen LogP contribution < -0.4 is 0 Å². The Hall–Kier alpha value is -1.56. The van der Waals surface area contributed by atoms with E-state index in [-0.39, 0.29) is 5.56 Å². The number of aliphatic hydroxyl groups is 1. The molecule has 1 N–H and O–H groups in total. The largest absolute Gasteiger partial charge is 0.396 e. The number of hydrogen-bond donors (Lipinski definition) is 1. The molecule has 0 saturated carbocycles. The molecule has 1 aromatic carbocycles. The summed E-state index contributed by atoms with van der Waals surface area (Å²) < 4.78 is 27.0. The van der Waals surface area contributed by atoms with Crippen molar-refractivity contribution in [2.75, 3.05) is 6.61 Å². The topological polar surface area (TPSA) is 63.4 Å². The second kappa shape index (κ2) is 4.52. The van der Waals surface area contributed by atoms with Gasteiger partial charge in [0.1, 0.15) is 0 Å². The van der Waals surface area contributed by atoms with Gasteiger partial charge < -0.3 is 5.11 Å². The fourth-order valence-electron chi connectivity index (χ4n) is 1.47. The Labute approximate surface area is 90.7 Å². The number of benzene rings is 1. The Morgan fingerprint density at radius 2 is 2.12 bits per heavy atom. The average molecular weight is 231 g/mol. The maximum absolute atomic E-state index is 13.5. The van der Waals surface area contributed by atoms with Crippen LogP contribution in [0.4, 0.5) is 14.5 Å². The van der Waals surface area contributed by atoms with E-state index in [4.69, 9.17) is 5.11 Å². The summed E-state index contributed by atoms with van der Waals surface area (Å²) in [6, 6.07) is 3.75. The van der Waals surface area contributed by atoms with E-state index in [0.29, 0.717) is 0 Å². The van der Waals surface area contributed by atoms with Crippen molar-refractivity contribution in [2.45, 2.75) is 19.3 Å². The Balaban J connectivity index is 3.33. The van der Waals surface area contributed by atoms with Crippen LogP contribution in [0.5, 0.6) is 0 Å². The molecule has 0 fully saturated rings. The first-order valence-corrected chi connectivity index (χ1v) is 4.63. The van der Waals surface area contributed by atoms with Crippen molar-refractivity contribution in [3.05, 3.63) is 39.4 Å². The molecule has 6 heteroatoms. The Bertz CT molecular complexity index is 407. The third-order valence-corrected chi connectivity index (χ3v) is 2.24. The average Bonchev–Trinajstić information content (AvgIpc) is 2.16. The van der Waals surface area contributed by atoms with E-state index >= 15 is 0 Å². The molecule has 0 aromatic heterocycles. The lowest BCUT2D eigenvalue weighted by Crippen LogP contribution is -2.17. The zero-order valence-corrected chi connectivity index (χ0v) is 8.61. The minimum Gasteiger partial charge on any atom is -0.396 e. The Morgan fingerprint density at radius 1 is 1.50 bits per heavy atom. The lowest BCUT2D eigenvalue weighted by atomic mass is 10.0. The van der Waals surface area contributed by atoms with Gasteiger partial charge in [-0.25, -0.2) is 8.78 Å². The highest BCUT2D eigenvalue weighted by Crippen LogP contribution is 2.38. The molecule has 0 unspecified atom stereocenters. The molecule has 1 rings (SSSR count). The number of alkyl halides is 2. The zero-order chi connectivity index (χ0) is 12.3. The second-order valence-electron chi connectivity index (χ2n) is 3.41. The van der Waals surface area contributed by atoms with Crippen molar-refractivity contribution in [2.24, 2.45) is 0 Å². The van der Waals surface area contributed by atoms with E-state index in [1.165, 1.54) is 19.1 Å². The molecule has 0 spiro atoms. The molecule has 0 bridgehead atoms. The highest BCUT2D eigenvalue weighted by Gasteiger charge is 2.38. The maximum Gasteiger partial charge on any atom is 0.282 e. The van der Waals surface area contributed by atoms with Gasteiger partial charge >= 0.3 is 0 Å². The van der Waals surface area contributed by atoms with Crippen molar-refractivity contribution in [3.8, 4) is 0 Å². The normalized spacial score (nSPS) is 11.5. The second-order valence-corrected chi connectivity index (χ2v) is 3.41. The molecule has 4 nitrogen and oxygen atoms in total. The SMILES string of the molecule is Cc1cccc(C(F)(F)CCO)c1[N+](=O)[O-]. The van der Waals surface area contributed by atoms with E-state index < -0.39 is 35.1 Å². The third-order valence-electron chi connectivity index (χ3n) is 2.24. The molecule has 0 aliphatic carbocycles. The van der Waals surface area contributed by atoms with Gasteiger partial charge in [-0.3, -0.25) is 10.1 Å². The van der Waals surface area contributed by atoms with Crippen LogP contribution in [0.25, 0.3) is 0 Å². The summed E-state index contributed by atoms with van der Waals surface area (Å²) in [5.41, 5.74) is -1.05. The fraction of sp³-hybridized carbons (Fsp3) is 0.400. The smallest absolute Gasteiger partial charge is 0.282 e. The molecule has 0 radical (unpaired) electrons. The van der Waals surface area contributed by atoms with Gasteiger partial charge in [0.2, 0.25) is 0 Å². The van der Waals surface area contributed by atoms with Gasteiger partial charge in [-0.2, -0.15) is 0 Å². The van der Waals surface area contributed by atoms with Crippen LogP contribution in [-0.4, -0.2) is 16.6 Å². The van der Waals surface area contributed by atoms with E-state index in [2.05, 4.69) is 0 Å². The summed E-state index contributed by atoms with van der Waals surface area (Å²) in [6.45, 7) is 0.675. The van der Waals surface area contributed by atoms with Gasteiger partial charge in [0.25, 0.3) is 11.6 Å². The first-order chi connectivity index (χ1) is 7.40. The van der Waals surface area contributed by atoms with Crippen molar-refractivity contribution < 1.29 is 18.8 Å². The Kier molecular flexibility index (Phi) is 3.54. The molecule has 0 saturated heterocycles. The third kappa shape index (κ3) is 2.33. The minimum absolute atomic E-state index is 0.181. The number of nitro groups is 1. The van der Waals surface area contributed by atoms with Crippen LogP contribution in [0.1, 0.15) is 17.5 Å². The van der Waals surface area contributed by atoms with Crippen LogP contribution in [0.15, 0.2) is 18.2 Å². The lowest BCUT2D eigenvalue weighted by molar-refractivity contribution is -0.387. The van der Waals surface area contributed by atoms with Gasteiger partial charge in [0, 0.05) is 18.6 Å². The van der Waals surface area contributed by atoms with Gasteiger partial charge in [0.15, 0.2) is 0 Å². The molecule has 88 valence electrons. The highest BCUT2D eigenvalue weighted by molar-refractivity contribution is 5.49. The van der Waals surface area contributed by atoms with Crippen LogP contribution >= 0.6 is 0 Å². The first-order valence-electron chi connectivity index (χ1n) is 4.63. The summed E-state index contributed by atoms with van der Waals surface area (Å²) in [5.74, 6) is -3.39. The van der Waals surface area contributed by atoms with Crippen LogP contribution in [-0.2, 0) is 5.92 Å². The number of aryl methyl sites for hydroxylation is 1. The van der Waals surface area contributed by atoms with Crippen LogP contribution in [0.3, 0.4) is 0 Å². The summed E-state index contributed by atoms with van der Waals surface area (Å²) in [4.78, 5) is 9.88. The van der Waals surface area contributed by atoms with Gasteiger partial charge in [-0.05, 0) is 13.0 Å². The molecule has 1 aromatic rings.